The third-order valence-electron chi connectivity index (χ3n) is 24.7. The molecule has 0 saturated heterocycles. The third kappa shape index (κ3) is 8.20. The summed E-state index contributed by atoms with van der Waals surface area (Å²) in [4.78, 5) is 28.5. The van der Waals surface area contributed by atoms with Gasteiger partial charge in [0.05, 0.1) is 64.7 Å². The SMILES string of the molecule is c1ccc2c(c1)Sc1cc3c4ccccc4n(-c4nc(-c5ccc6ccccc6c5)c5sc6cc(-c7ccc8c(c7)c7cc9c(cc7n8-c7nc(-c8cccc%10ccccc8%10)c8sc%10ccccc%10c8n7)C7(c8ccccc8S9)c8ccccc8-c8ccccc87)ccc6c5n4)c3cc1C21c2ccccc2-c2ccccc21. The minimum atomic E-state index is -0.609. The van der Waals surface area contributed by atoms with Gasteiger partial charge in [-0.3, -0.25) is 9.13 Å². The minimum Gasteiger partial charge on any atom is -0.278 e. The summed E-state index contributed by atoms with van der Waals surface area (Å²) in [5, 5.41) is 11.4. The quantitative estimate of drug-likeness (QED) is 0.171. The molecule has 0 saturated carbocycles. The first kappa shape index (κ1) is 61.8. The number of para-hydroxylation sites is 1. The van der Waals surface area contributed by atoms with Crippen LogP contribution in [-0.2, 0) is 10.8 Å². The fraction of sp³-hybridized carbons (Fsp3) is 0.0196. The normalized spacial score (nSPS) is 14.0. The van der Waals surface area contributed by atoms with E-state index in [-0.39, 0.29) is 0 Å². The Morgan fingerprint density at radius 1 is 0.232 bits per heavy atom. The molecule has 0 unspecified atom stereocenters. The first-order valence-corrected chi connectivity index (χ1v) is 41.3. The highest BCUT2D eigenvalue weighted by molar-refractivity contribution is 7.99. The van der Waals surface area contributed by atoms with Crippen LogP contribution in [0.3, 0.4) is 0 Å². The number of aromatic nitrogens is 6. The molecule has 0 N–H and O–H groups in total. The Balaban J connectivity index is 0.706. The smallest absolute Gasteiger partial charge is 0.235 e. The van der Waals surface area contributed by atoms with E-state index in [2.05, 4.69) is 349 Å². The zero-order chi connectivity index (χ0) is 72.8. The molecule has 2 aliphatic heterocycles. The zero-order valence-corrected chi connectivity index (χ0v) is 62.9. The third-order valence-corrected chi connectivity index (χ3v) is 29.3. The highest BCUT2D eigenvalue weighted by Crippen LogP contribution is 2.65. The van der Waals surface area contributed by atoms with Gasteiger partial charge in [0, 0.05) is 72.4 Å². The molecule has 0 radical (unpaired) electrons. The van der Waals surface area contributed by atoms with Crippen molar-refractivity contribution in [3.63, 3.8) is 0 Å². The second kappa shape index (κ2) is 22.8. The van der Waals surface area contributed by atoms with E-state index in [1.807, 2.05) is 23.5 Å². The van der Waals surface area contributed by atoms with Gasteiger partial charge in [0.1, 0.15) is 0 Å². The number of rotatable bonds is 5. The van der Waals surface area contributed by atoms with E-state index < -0.39 is 10.8 Å². The predicted octanol–water partition coefficient (Wildman–Crippen LogP) is 27.2. The lowest BCUT2D eigenvalue weighted by Gasteiger charge is -2.39. The lowest BCUT2D eigenvalue weighted by Crippen LogP contribution is -2.32. The summed E-state index contributed by atoms with van der Waals surface area (Å²) < 4.78 is 9.17. The molecule has 2 spiro atoms. The maximum absolute atomic E-state index is 5.90. The van der Waals surface area contributed by atoms with Crippen LogP contribution in [-0.4, -0.2) is 29.1 Å². The number of hydrogen-bond acceptors (Lipinski definition) is 8. The summed E-state index contributed by atoms with van der Waals surface area (Å²) in [7, 11) is 0. The van der Waals surface area contributed by atoms with Crippen LogP contribution in [0.25, 0.3) is 174 Å². The first-order chi connectivity index (χ1) is 55.5. The summed E-state index contributed by atoms with van der Waals surface area (Å²) >= 11 is 7.32. The molecule has 6 nitrogen and oxygen atoms in total. The molecule has 4 aliphatic rings. The van der Waals surface area contributed by atoms with Gasteiger partial charge in [-0.05, 0) is 172 Å². The van der Waals surface area contributed by atoms with Gasteiger partial charge in [-0.1, -0.05) is 290 Å². The van der Waals surface area contributed by atoms with E-state index in [1.165, 1.54) is 107 Å². The van der Waals surface area contributed by atoms with Crippen molar-refractivity contribution < 1.29 is 0 Å². The molecule has 22 aromatic rings. The standard InChI is InChI=1S/C102H56N6S4/c1-2-24-59-50-62(45-44-57(59)22-1)93-97-96(106-99(103-93)107-83-40-17-9-31-68(83)73-53-91-81(55-85(73)107)101(79-38-15-19-42-88(79)109-91)75-34-11-5-27-64(75)65-28-6-12-35-76(65)101)71-48-46-61(52-90(71)112-97)60-47-49-84-72(51-60)74-54-92-82(102(80-39-16-20-43-89(80)110-92)77-36-13-7-29-66(77)67-30-8-14-37-78(67)102)56-86(74)108(84)100-104-94(69-33-21-25-58-23-3-4-26-63(58)69)98-95(105-100)70-32-10-18-41-87(70)111-98/h1-56H. The molecule has 0 fully saturated rings. The average Bonchev–Trinajstić information content (AvgIpc) is 1.50. The van der Waals surface area contributed by atoms with Crippen molar-refractivity contribution in [2.24, 2.45) is 0 Å². The maximum atomic E-state index is 5.90. The van der Waals surface area contributed by atoms with E-state index in [1.54, 1.807) is 22.7 Å². The van der Waals surface area contributed by atoms with Gasteiger partial charge in [0.15, 0.2) is 0 Å². The highest BCUT2D eigenvalue weighted by Gasteiger charge is 2.52. The summed E-state index contributed by atoms with van der Waals surface area (Å²) in [5.41, 5.74) is 26.5. The van der Waals surface area contributed by atoms with E-state index in [9.17, 15) is 0 Å². The van der Waals surface area contributed by atoms with E-state index in [0.29, 0.717) is 11.9 Å². The van der Waals surface area contributed by atoms with Gasteiger partial charge in [0.25, 0.3) is 0 Å². The number of thiophene rings is 2. The average molecular weight is 1490 g/mol. The van der Waals surface area contributed by atoms with Crippen LogP contribution < -0.4 is 0 Å². The van der Waals surface area contributed by atoms with Crippen LogP contribution >= 0.6 is 46.2 Å². The van der Waals surface area contributed by atoms with Gasteiger partial charge >= 0.3 is 0 Å². The molecular weight excluding hydrogens is 1440 g/mol. The molecule has 16 aromatic carbocycles. The first-order valence-electron chi connectivity index (χ1n) is 38.1. The van der Waals surface area contributed by atoms with Gasteiger partial charge in [-0.2, -0.15) is 0 Å². The maximum Gasteiger partial charge on any atom is 0.235 e. The second-order valence-electron chi connectivity index (χ2n) is 30.1. The van der Waals surface area contributed by atoms with Crippen LogP contribution in [0.5, 0.6) is 0 Å². The summed E-state index contributed by atoms with van der Waals surface area (Å²) in [6.45, 7) is 0. The van der Waals surface area contributed by atoms with Crippen molar-refractivity contribution in [1.82, 2.24) is 29.1 Å². The Kier molecular flexibility index (Phi) is 12.6. The van der Waals surface area contributed by atoms with Gasteiger partial charge < -0.3 is 0 Å². The van der Waals surface area contributed by atoms with Crippen LogP contribution in [0, 0.1) is 0 Å². The largest absolute Gasteiger partial charge is 0.278 e. The van der Waals surface area contributed by atoms with Crippen LogP contribution in [0.2, 0.25) is 0 Å². The van der Waals surface area contributed by atoms with Crippen LogP contribution in [0.1, 0.15) is 44.5 Å². The Bertz CT molecular complexity index is 7910. The van der Waals surface area contributed by atoms with Crippen LogP contribution in [0.15, 0.2) is 359 Å². The summed E-state index contributed by atoms with van der Waals surface area (Å²) in [5.74, 6) is 1.26. The fourth-order valence-corrected chi connectivity index (χ4v) is 24.8. The zero-order valence-electron chi connectivity index (χ0n) is 59.6. The molecular formula is C102H56N6S4. The number of nitrogens with zero attached hydrogens (tertiary/aromatic N) is 6. The molecule has 0 bridgehead atoms. The molecule has 112 heavy (non-hydrogen) atoms. The van der Waals surface area contributed by atoms with Crippen LogP contribution in [0.4, 0.5) is 0 Å². The summed E-state index contributed by atoms with van der Waals surface area (Å²) in [6, 6.07) is 127. The summed E-state index contributed by atoms with van der Waals surface area (Å²) in [6.07, 6.45) is 0. The fourth-order valence-electron chi connectivity index (χ4n) is 20.0. The Morgan fingerprint density at radius 2 is 0.670 bits per heavy atom. The molecule has 26 rings (SSSR count). The Morgan fingerprint density at radius 3 is 1.31 bits per heavy atom. The highest BCUT2D eigenvalue weighted by atomic mass is 32.2. The lowest BCUT2D eigenvalue weighted by atomic mass is 9.67. The Labute approximate surface area is 658 Å². The van der Waals surface area contributed by atoms with Crippen molar-refractivity contribution in [2.75, 3.05) is 0 Å². The molecule has 10 heteroatoms. The van der Waals surface area contributed by atoms with Crippen molar-refractivity contribution in [3.8, 4) is 67.8 Å². The van der Waals surface area contributed by atoms with Gasteiger partial charge in [0.2, 0.25) is 11.9 Å². The number of fused-ring (bicyclic) bond motifs is 32. The molecule has 0 atom stereocenters. The molecule has 2 aliphatic carbocycles. The molecule has 518 valence electrons. The topological polar surface area (TPSA) is 61.4 Å². The van der Waals surface area contributed by atoms with E-state index >= 15 is 0 Å². The number of benzene rings is 16. The second-order valence-corrected chi connectivity index (χ2v) is 34.4. The van der Waals surface area contributed by atoms with Crippen molar-refractivity contribution in [3.05, 3.63) is 384 Å². The monoisotopic (exact) mass is 1490 g/mol. The van der Waals surface area contributed by atoms with Crippen molar-refractivity contribution in [2.45, 2.75) is 30.4 Å². The van der Waals surface area contributed by atoms with Gasteiger partial charge in [-0.15, -0.1) is 22.7 Å². The molecule has 6 aromatic heterocycles. The van der Waals surface area contributed by atoms with E-state index in [0.717, 1.165) is 119 Å². The van der Waals surface area contributed by atoms with Gasteiger partial charge in [-0.25, -0.2) is 19.9 Å². The lowest BCUT2D eigenvalue weighted by molar-refractivity contribution is 0.723. The number of hydrogen-bond donors (Lipinski definition) is 0. The Hall–Kier alpha value is -13.1. The predicted molar refractivity (Wildman–Crippen MR) is 466 cm³/mol. The van der Waals surface area contributed by atoms with Crippen molar-refractivity contribution in [1.29, 1.82) is 0 Å². The minimum absolute atomic E-state index is 0.569. The molecule has 0 amide bonds. The van der Waals surface area contributed by atoms with E-state index in [4.69, 9.17) is 19.9 Å². The molecule has 8 heterocycles. The van der Waals surface area contributed by atoms with Crippen molar-refractivity contribution >= 4 is 152 Å².